The Morgan fingerprint density at radius 2 is 1.89 bits per heavy atom. The number of amides is 1. The van der Waals surface area contributed by atoms with Gasteiger partial charge in [-0.05, 0) is 25.0 Å². The predicted octanol–water partition coefficient (Wildman–Crippen LogP) is 2.44. The molecule has 0 aliphatic rings. The molecule has 104 valence electrons. The number of carbonyl (C=O) groups is 1. The average Bonchev–Trinajstić information content (AvgIpc) is 2.37. The number of nitro benzene ring substituents is 1. The van der Waals surface area contributed by atoms with Crippen LogP contribution in [0.15, 0.2) is 18.2 Å². The van der Waals surface area contributed by atoms with E-state index in [1.807, 2.05) is 13.8 Å². The van der Waals surface area contributed by atoms with Gasteiger partial charge >= 0.3 is 5.69 Å². The van der Waals surface area contributed by atoms with E-state index in [9.17, 15) is 14.9 Å². The Morgan fingerprint density at radius 3 is 2.37 bits per heavy atom. The summed E-state index contributed by atoms with van der Waals surface area (Å²) < 4.78 is 0. The topological polar surface area (TPSA) is 89.5 Å². The van der Waals surface area contributed by atoms with E-state index in [4.69, 9.17) is 5.73 Å². The molecule has 0 aromatic heterocycles. The summed E-state index contributed by atoms with van der Waals surface area (Å²) in [6, 6.07) is 4.44. The molecular weight excluding hydrogens is 246 g/mol. The number of hydrogen-bond acceptors (Lipinski definition) is 4. The molecule has 0 saturated heterocycles. The fourth-order valence-corrected chi connectivity index (χ4v) is 1.96. The molecular formula is C13H19N3O3. The van der Waals surface area contributed by atoms with Crippen LogP contribution in [0.1, 0.15) is 37.0 Å². The van der Waals surface area contributed by atoms with E-state index in [-0.39, 0.29) is 22.8 Å². The first kappa shape index (κ1) is 14.9. The zero-order valence-electron chi connectivity index (χ0n) is 11.3. The number of nitrogens with two attached hydrogens (primary N) is 1. The van der Waals surface area contributed by atoms with Crippen molar-refractivity contribution in [2.75, 3.05) is 18.8 Å². The molecule has 1 aromatic carbocycles. The minimum absolute atomic E-state index is 0.0174. The summed E-state index contributed by atoms with van der Waals surface area (Å²) in [4.78, 5) is 24.4. The Hall–Kier alpha value is -2.11. The van der Waals surface area contributed by atoms with Crippen molar-refractivity contribution in [3.63, 3.8) is 0 Å². The van der Waals surface area contributed by atoms with Gasteiger partial charge in [-0.15, -0.1) is 0 Å². The monoisotopic (exact) mass is 265 g/mol. The highest BCUT2D eigenvalue weighted by molar-refractivity contribution is 6.00. The minimum Gasteiger partial charge on any atom is -0.393 e. The van der Waals surface area contributed by atoms with Gasteiger partial charge in [-0.3, -0.25) is 14.9 Å². The van der Waals surface area contributed by atoms with Crippen LogP contribution >= 0.6 is 0 Å². The van der Waals surface area contributed by atoms with E-state index in [1.54, 1.807) is 11.0 Å². The third kappa shape index (κ3) is 3.43. The van der Waals surface area contributed by atoms with Crippen LogP contribution in [0.2, 0.25) is 0 Å². The Bertz CT molecular complexity index is 468. The van der Waals surface area contributed by atoms with Crippen molar-refractivity contribution in [3.8, 4) is 0 Å². The molecule has 0 spiro atoms. The second-order valence-electron chi connectivity index (χ2n) is 4.29. The van der Waals surface area contributed by atoms with Crippen LogP contribution in [0.4, 0.5) is 11.4 Å². The summed E-state index contributed by atoms with van der Waals surface area (Å²) >= 11 is 0. The number of nitro groups is 1. The van der Waals surface area contributed by atoms with Gasteiger partial charge in [-0.25, -0.2) is 0 Å². The number of hydrogen-bond donors (Lipinski definition) is 1. The second-order valence-corrected chi connectivity index (χ2v) is 4.29. The van der Waals surface area contributed by atoms with Crippen LogP contribution in [0.3, 0.4) is 0 Å². The van der Waals surface area contributed by atoms with Crippen molar-refractivity contribution >= 4 is 17.3 Å². The van der Waals surface area contributed by atoms with E-state index in [0.29, 0.717) is 13.1 Å². The fourth-order valence-electron chi connectivity index (χ4n) is 1.96. The number of carbonyl (C=O) groups excluding carboxylic acids is 1. The first-order chi connectivity index (χ1) is 9.02. The summed E-state index contributed by atoms with van der Waals surface area (Å²) in [5.41, 5.74) is 5.37. The number of para-hydroxylation sites is 1. The number of nitrogen functional groups attached to an aromatic ring is 1. The van der Waals surface area contributed by atoms with Gasteiger partial charge in [0.1, 0.15) is 11.3 Å². The van der Waals surface area contributed by atoms with Crippen LogP contribution in [-0.4, -0.2) is 28.8 Å². The van der Waals surface area contributed by atoms with Crippen molar-refractivity contribution in [2.24, 2.45) is 0 Å². The molecule has 1 rings (SSSR count). The van der Waals surface area contributed by atoms with Crippen LogP contribution in [-0.2, 0) is 0 Å². The molecule has 0 fully saturated rings. The first-order valence-electron chi connectivity index (χ1n) is 6.35. The lowest BCUT2D eigenvalue weighted by atomic mass is 10.1. The van der Waals surface area contributed by atoms with Gasteiger partial charge in [0, 0.05) is 13.1 Å². The normalized spacial score (nSPS) is 10.2. The third-order valence-corrected chi connectivity index (χ3v) is 2.75. The molecule has 0 atom stereocenters. The summed E-state index contributed by atoms with van der Waals surface area (Å²) in [5.74, 6) is -0.331. The maximum atomic E-state index is 12.4. The zero-order chi connectivity index (χ0) is 14.4. The van der Waals surface area contributed by atoms with E-state index >= 15 is 0 Å². The molecule has 1 amide bonds. The summed E-state index contributed by atoms with van der Waals surface area (Å²) in [6.45, 7) is 5.09. The van der Waals surface area contributed by atoms with E-state index in [1.165, 1.54) is 12.1 Å². The van der Waals surface area contributed by atoms with E-state index in [0.717, 1.165) is 12.8 Å². The van der Waals surface area contributed by atoms with Crippen LogP contribution < -0.4 is 5.73 Å². The average molecular weight is 265 g/mol. The van der Waals surface area contributed by atoms with Gasteiger partial charge in [0.2, 0.25) is 0 Å². The summed E-state index contributed by atoms with van der Waals surface area (Å²) in [5, 5.41) is 11.0. The number of rotatable bonds is 6. The van der Waals surface area contributed by atoms with Crippen molar-refractivity contribution in [2.45, 2.75) is 26.7 Å². The molecule has 6 nitrogen and oxygen atoms in total. The number of anilines is 1. The number of nitrogens with zero attached hydrogens (tertiary/aromatic N) is 2. The number of benzene rings is 1. The van der Waals surface area contributed by atoms with Gasteiger partial charge < -0.3 is 10.6 Å². The van der Waals surface area contributed by atoms with E-state index in [2.05, 4.69) is 0 Å². The van der Waals surface area contributed by atoms with Crippen molar-refractivity contribution in [3.05, 3.63) is 33.9 Å². The molecule has 0 unspecified atom stereocenters. The molecule has 0 saturated carbocycles. The van der Waals surface area contributed by atoms with Crippen LogP contribution in [0.5, 0.6) is 0 Å². The van der Waals surface area contributed by atoms with Crippen molar-refractivity contribution in [1.29, 1.82) is 0 Å². The van der Waals surface area contributed by atoms with Crippen LogP contribution in [0, 0.1) is 10.1 Å². The maximum absolute atomic E-state index is 12.4. The lowest BCUT2D eigenvalue weighted by molar-refractivity contribution is -0.384. The highest BCUT2D eigenvalue weighted by Crippen LogP contribution is 2.27. The quantitative estimate of drug-likeness (QED) is 0.486. The van der Waals surface area contributed by atoms with Crippen molar-refractivity contribution in [1.82, 2.24) is 4.90 Å². The van der Waals surface area contributed by atoms with Gasteiger partial charge in [0.15, 0.2) is 0 Å². The Balaban J connectivity index is 3.17. The fraction of sp³-hybridized carbons (Fsp3) is 0.462. The van der Waals surface area contributed by atoms with E-state index < -0.39 is 4.92 Å². The smallest absolute Gasteiger partial charge is 0.304 e. The second kappa shape index (κ2) is 6.72. The minimum atomic E-state index is -0.599. The maximum Gasteiger partial charge on any atom is 0.304 e. The third-order valence-electron chi connectivity index (χ3n) is 2.75. The molecule has 0 radical (unpaired) electrons. The van der Waals surface area contributed by atoms with Gasteiger partial charge in [0.25, 0.3) is 5.91 Å². The lowest BCUT2D eigenvalue weighted by Crippen LogP contribution is -2.33. The molecule has 19 heavy (non-hydrogen) atoms. The molecule has 0 aliphatic carbocycles. The highest BCUT2D eigenvalue weighted by Gasteiger charge is 2.26. The molecule has 6 heteroatoms. The molecule has 2 N–H and O–H groups in total. The molecule has 0 heterocycles. The van der Waals surface area contributed by atoms with Gasteiger partial charge in [0.05, 0.1) is 4.92 Å². The van der Waals surface area contributed by atoms with Gasteiger partial charge in [-0.2, -0.15) is 0 Å². The first-order valence-corrected chi connectivity index (χ1v) is 6.35. The zero-order valence-corrected chi connectivity index (χ0v) is 11.3. The molecule has 0 aliphatic heterocycles. The van der Waals surface area contributed by atoms with Gasteiger partial charge in [-0.1, -0.05) is 19.9 Å². The van der Waals surface area contributed by atoms with Crippen molar-refractivity contribution < 1.29 is 9.72 Å². The Labute approximate surface area is 112 Å². The summed E-state index contributed by atoms with van der Waals surface area (Å²) in [6.07, 6.45) is 1.61. The van der Waals surface area contributed by atoms with Crippen LogP contribution in [0.25, 0.3) is 0 Å². The summed E-state index contributed by atoms with van der Waals surface area (Å²) in [7, 11) is 0. The Morgan fingerprint density at radius 1 is 1.32 bits per heavy atom. The standard InChI is InChI=1S/C13H19N3O3/c1-3-8-15(9-4-2)13(17)10-6-5-7-11(14)12(10)16(18)19/h5-7H,3-4,8-9,14H2,1-2H3. The predicted molar refractivity (Wildman–Crippen MR) is 74.0 cm³/mol. The lowest BCUT2D eigenvalue weighted by Gasteiger charge is -2.21. The molecule has 0 bridgehead atoms. The largest absolute Gasteiger partial charge is 0.393 e. The highest BCUT2D eigenvalue weighted by atomic mass is 16.6. The molecule has 1 aromatic rings. The SMILES string of the molecule is CCCN(CCC)C(=O)c1cccc(N)c1[N+](=O)[O-]. The Kier molecular flexibility index (Phi) is 5.29.